The Labute approximate surface area is 148 Å². The molecule has 2 N–H and O–H groups in total. The van der Waals surface area contributed by atoms with Crippen molar-refractivity contribution in [1.82, 2.24) is 5.32 Å². The predicted molar refractivity (Wildman–Crippen MR) is 101 cm³/mol. The molecule has 5 heteroatoms. The Hall–Kier alpha value is -2.40. The first kappa shape index (κ1) is 17.9. The fraction of sp³-hybridized carbons (Fsp3) is 0.263. The molecule has 2 aromatic rings. The molecule has 1 atom stereocenters. The van der Waals surface area contributed by atoms with Gasteiger partial charge in [-0.1, -0.05) is 50.2 Å². The zero-order valence-electron chi connectivity index (χ0n) is 13.9. The van der Waals surface area contributed by atoms with Gasteiger partial charge < -0.3 is 10.1 Å². The second-order valence-electron chi connectivity index (χ2n) is 5.50. The summed E-state index contributed by atoms with van der Waals surface area (Å²) in [6, 6.07) is 17.2. The molecule has 0 aliphatic carbocycles. The maximum absolute atomic E-state index is 11.9. The minimum atomic E-state index is -0.294. The Morgan fingerprint density at radius 1 is 1.12 bits per heavy atom. The molecule has 1 amide bonds. The molecule has 0 aliphatic heterocycles. The summed E-state index contributed by atoms with van der Waals surface area (Å²) >= 11 is 5.23. The number of rotatable bonds is 6. The van der Waals surface area contributed by atoms with Gasteiger partial charge in [-0.25, -0.2) is 0 Å². The summed E-state index contributed by atoms with van der Waals surface area (Å²) in [7, 11) is 0. The Bertz CT molecular complexity index is 689. The lowest BCUT2D eigenvalue weighted by Gasteiger charge is -2.17. The van der Waals surface area contributed by atoms with Gasteiger partial charge in [-0.3, -0.25) is 10.1 Å². The summed E-state index contributed by atoms with van der Waals surface area (Å²) in [6.07, 6.45) is 1.03. The van der Waals surface area contributed by atoms with E-state index < -0.39 is 0 Å². The zero-order chi connectivity index (χ0) is 17.4. The molecule has 0 heterocycles. The number of para-hydroxylation sites is 2. The largest absolute Gasteiger partial charge is 0.484 e. The zero-order valence-corrected chi connectivity index (χ0v) is 14.7. The Morgan fingerprint density at radius 3 is 2.50 bits per heavy atom. The highest BCUT2D eigenvalue weighted by Gasteiger charge is 2.11. The van der Waals surface area contributed by atoms with Crippen LogP contribution in [0, 0.1) is 0 Å². The topological polar surface area (TPSA) is 50.4 Å². The van der Waals surface area contributed by atoms with Crippen molar-refractivity contribution in [3.63, 3.8) is 0 Å². The standard InChI is InChI=1S/C19H22N2O2S/c1-3-14(2)16-11-7-8-12-17(16)20-19(24)21-18(22)13-23-15-9-5-4-6-10-15/h4-12,14H,3,13H2,1-2H3,(H2,20,21,22,24)/t14-/m1/s1. The van der Waals surface area contributed by atoms with E-state index >= 15 is 0 Å². The third kappa shape index (κ3) is 5.35. The lowest BCUT2D eigenvalue weighted by molar-refractivity contribution is -0.121. The average molecular weight is 342 g/mol. The maximum atomic E-state index is 11.9. The van der Waals surface area contributed by atoms with E-state index in [-0.39, 0.29) is 17.6 Å². The smallest absolute Gasteiger partial charge is 0.264 e. The summed E-state index contributed by atoms with van der Waals surface area (Å²) in [5, 5.41) is 6.01. The van der Waals surface area contributed by atoms with Crippen molar-refractivity contribution >= 4 is 28.9 Å². The first-order valence-corrected chi connectivity index (χ1v) is 8.38. The molecule has 0 aliphatic rings. The van der Waals surface area contributed by atoms with Gasteiger partial charge >= 0.3 is 0 Å². The lowest BCUT2D eigenvalue weighted by atomic mass is 9.97. The van der Waals surface area contributed by atoms with Gasteiger partial charge in [0.05, 0.1) is 0 Å². The molecule has 0 saturated heterocycles. The van der Waals surface area contributed by atoms with E-state index in [9.17, 15) is 4.79 Å². The van der Waals surface area contributed by atoms with Crippen molar-refractivity contribution < 1.29 is 9.53 Å². The highest BCUT2D eigenvalue weighted by Crippen LogP contribution is 2.26. The van der Waals surface area contributed by atoms with E-state index in [0.29, 0.717) is 11.7 Å². The van der Waals surface area contributed by atoms with Gasteiger partial charge in [0.15, 0.2) is 11.7 Å². The molecule has 0 aromatic heterocycles. The van der Waals surface area contributed by atoms with Gasteiger partial charge in [-0.05, 0) is 48.3 Å². The van der Waals surface area contributed by atoms with Crippen LogP contribution < -0.4 is 15.4 Å². The number of hydrogen-bond donors (Lipinski definition) is 2. The molecule has 0 radical (unpaired) electrons. The highest BCUT2D eigenvalue weighted by molar-refractivity contribution is 7.80. The molecule has 2 aromatic carbocycles. The first-order valence-electron chi connectivity index (χ1n) is 7.97. The predicted octanol–water partition coefficient (Wildman–Crippen LogP) is 4.09. The van der Waals surface area contributed by atoms with E-state index in [2.05, 4.69) is 30.5 Å². The monoisotopic (exact) mass is 342 g/mol. The molecule has 24 heavy (non-hydrogen) atoms. The summed E-state index contributed by atoms with van der Waals surface area (Å²) in [4.78, 5) is 11.9. The van der Waals surface area contributed by atoms with Crippen molar-refractivity contribution in [2.75, 3.05) is 11.9 Å². The third-order valence-electron chi connectivity index (χ3n) is 3.72. The van der Waals surface area contributed by atoms with Crippen LogP contribution in [0.2, 0.25) is 0 Å². The minimum Gasteiger partial charge on any atom is -0.484 e. The number of amides is 1. The van der Waals surface area contributed by atoms with Gasteiger partial charge in [0.2, 0.25) is 0 Å². The summed E-state index contributed by atoms with van der Waals surface area (Å²) in [5.41, 5.74) is 2.10. The highest BCUT2D eigenvalue weighted by atomic mass is 32.1. The first-order chi connectivity index (χ1) is 11.6. The van der Waals surface area contributed by atoms with E-state index in [0.717, 1.165) is 12.1 Å². The van der Waals surface area contributed by atoms with Gasteiger partial charge in [0.1, 0.15) is 5.75 Å². The Morgan fingerprint density at radius 2 is 1.79 bits per heavy atom. The van der Waals surface area contributed by atoms with Crippen LogP contribution in [0.25, 0.3) is 0 Å². The van der Waals surface area contributed by atoms with E-state index in [1.807, 2.05) is 36.4 Å². The van der Waals surface area contributed by atoms with Crippen LogP contribution in [0.15, 0.2) is 54.6 Å². The molecular weight excluding hydrogens is 320 g/mol. The van der Waals surface area contributed by atoms with E-state index in [1.165, 1.54) is 5.56 Å². The van der Waals surface area contributed by atoms with Gasteiger partial charge in [-0.15, -0.1) is 0 Å². The third-order valence-corrected chi connectivity index (χ3v) is 3.92. The number of benzene rings is 2. The number of nitrogens with one attached hydrogen (secondary N) is 2. The quantitative estimate of drug-likeness (QED) is 0.776. The number of carbonyl (C=O) groups excluding carboxylic acids is 1. The fourth-order valence-electron chi connectivity index (χ4n) is 2.24. The van der Waals surface area contributed by atoms with E-state index in [4.69, 9.17) is 17.0 Å². The molecule has 126 valence electrons. The molecule has 0 unspecified atom stereocenters. The summed E-state index contributed by atoms with van der Waals surface area (Å²) in [6.45, 7) is 4.22. The SMILES string of the molecule is CC[C@@H](C)c1ccccc1NC(=S)NC(=O)COc1ccccc1. The molecule has 0 fully saturated rings. The van der Waals surface area contributed by atoms with Crippen LogP contribution in [0.5, 0.6) is 5.75 Å². The fourth-order valence-corrected chi connectivity index (χ4v) is 2.47. The van der Waals surface area contributed by atoms with Crippen LogP contribution in [0.1, 0.15) is 31.7 Å². The minimum absolute atomic E-state index is 0.0845. The number of ether oxygens (including phenoxy) is 1. The van der Waals surface area contributed by atoms with Crippen molar-refractivity contribution in [3.05, 3.63) is 60.2 Å². The average Bonchev–Trinajstić information content (AvgIpc) is 2.60. The second kappa shape index (κ2) is 9.03. The van der Waals surface area contributed by atoms with Crippen molar-refractivity contribution in [3.8, 4) is 5.75 Å². The van der Waals surface area contributed by atoms with Crippen molar-refractivity contribution in [2.45, 2.75) is 26.2 Å². The second-order valence-corrected chi connectivity index (χ2v) is 5.91. The molecule has 0 saturated carbocycles. The van der Waals surface area contributed by atoms with Crippen LogP contribution in [-0.4, -0.2) is 17.6 Å². The number of anilines is 1. The van der Waals surface area contributed by atoms with Crippen molar-refractivity contribution in [2.24, 2.45) is 0 Å². The van der Waals surface area contributed by atoms with Gasteiger partial charge in [0.25, 0.3) is 5.91 Å². The van der Waals surface area contributed by atoms with Crippen molar-refractivity contribution in [1.29, 1.82) is 0 Å². The van der Waals surface area contributed by atoms with Crippen LogP contribution >= 0.6 is 12.2 Å². The van der Waals surface area contributed by atoms with Crippen LogP contribution in [-0.2, 0) is 4.79 Å². The van der Waals surface area contributed by atoms with Crippen LogP contribution in [0.3, 0.4) is 0 Å². The Kier molecular flexibility index (Phi) is 6.75. The summed E-state index contributed by atoms with van der Waals surface area (Å²) < 4.78 is 5.40. The Balaban J connectivity index is 1.88. The van der Waals surface area contributed by atoms with Crippen LogP contribution in [0.4, 0.5) is 5.69 Å². The maximum Gasteiger partial charge on any atom is 0.264 e. The molecular formula is C19H22N2O2S. The normalized spacial score (nSPS) is 11.4. The molecule has 2 rings (SSSR count). The van der Waals surface area contributed by atoms with Gasteiger partial charge in [0, 0.05) is 5.69 Å². The van der Waals surface area contributed by atoms with Gasteiger partial charge in [-0.2, -0.15) is 0 Å². The van der Waals surface area contributed by atoms with E-state index in [1.54, 1.807) is 12.1 Å². The number of hydrogen-bond acceptors (Lipinski definition) is 3. The number of carbonyl (C=O) groups is 1. The number of thiocarbonyl (C=S) groups is 1. The lowest BCUT2D eigenvalue weighted by Crippen LogP contribution is -2.37. The molecule has 0 bridgehead atoms. The molecule has 4 nitrogen and oxygen atoms in total. The molecule has 0 spiro atoms. The summed E-state index contributed by atoms with van der Waals surface area (Å²) in [5.74, 6) is 0.764.